The van der Waals surface area contributed by atoms with Gasteiger partial charge in [-0.3, -0.25) is 4.79 Å². The van der Waals surface area contributed by atoms with E-state index in [4.69, 9.17) is 0 Å². The maximum Gasteiger partial charge on any atom is 0.325 e. The first-order valence-corrected chi connectivity index (χ1v) is 6.58. The van der Waals surface area contributed by atoms with E-state index in [0.29, 0.717) is 12.4 Å². The summed E-state index contributed by atoms with van der Waals surface area (Å²) >= 11 is 1.07. The highest BCUT2D eigenvalue weighted by atomic mass is 32.1. The number of benzene rings is 1. The molecule has 0 saturated carbocycles. The van der Waals surface area contributed by atoms with Crippen molar-refractivity contribution >= 4 is 11.3 Å². The van der Waals surface area contributed by atoms with Gasteiger partial charge in [0.25, 0.3) is 0 Å². The normalized spacial score (nSPS) is 10.8. The summed E-state index contributed by atoms with van der Waals surface area (Å²) in [4.78, 5) is 11.4. The Hall–Kier alpha value is -2.28. The smallest absolute Gasteiger partial charge is 0.313 e. The number of rotatable bonds is 3. The highest BCUT2D eigenvalue weighted by Gasteiger charge is 2.11. The molecule has 0 spiro atoms. The average Bonchev–Trinajstić information content (AvgIpc) is 2.99. The van der Waals surface area contributed by atoms with Crippen LogP contribution in [0.25, 0.3) is 11.4 Å². The Kier molecular flexibility index (Phi) is 2.96. The van der Waals surface area contributed by atoms with E-state index < -0.39 is 0 Å². The fourth-order valence-electron chi connectivity index (χ4n) is 1.81. The quantitative estimate of drug-likeness (QED) is 0.718. The fraction of sp³-hybridized carbons (Fsp3) is 0.167. The molecule has 0 amide bonds. The maximum atomic E-state index is 11.5. The van der Waals surface area contributed by atoms with Gasteiger partial charge in [0.15, 0.2) is 11.6 Å². The summed E-state index contributed by atoms with van der Waals surface area (Å²) in [6.07, 6.45) is 0. The monoisotopic (exact) mass is 273 g/mol. The molecule has 0 bridgehead atoms. The number of hydrogen-bond acceptors (Lipinski definition) is 5. The Morgan fingerprint density at radius 2 is 2.00 bits per heavy atom. The minimum atomic E-state index is -0.0933. The molecular formula is C12H11N5OS. The van der Waals surface area contributed by atoms with E-state index in [1.54, 1.807) is 0 Å². The van der Waals surface area contributed by atoms with Crippen molar-refractivity contribution in [3.05, 3.63) is 51.3 Å². The molecule has 1 aromatic carbocycles. The predicted octanol–water partition coefficient (Wildman–Crippen LogP) is 1.15. The summed E-state index contributed by atoms with van der Waals surface area (Å²) in [5.41, 5.74) is 2.52. The summed E-state index contributed by atoms with van der Waals surface area (Å²) < 4.78 is 3.25. The summed E-state index contributed by atoms with van der Waals surface area (Å²) in [7, 11) is 1.88. The molecule has 2 aromatic heterocycles. The van der Waals surface area contributed by atoms with Crippen LogP contribution in [0.2, 0.25) is 0 Å². The van der Waals surface area contributed by atoms with Gasteiger partial charge in [-0.05, 0) is 0 Å². The Morgan fingerprint density at radius 3 is 2.68 bits per heavy atom. The van der Waals surface area contributed by atoms with Crippen LogP contribution in [0.4, 0.5) is 0 Å². The first kappa shape index (κ1) is 11.8. The van der Waals surface area contributed by atoms with Crippen molar-refractivity contribution in [1.82, 2.24) is 24.5 Å². The van der Waals surface area contributed by atoms with Crippen molar-refractivity contribution in [2.45, 2.75) is 6.54 Å². The average molecular weight is 273 g/mol. The van der Waals surface area contributed by atoms with Crippen molar-refractivity contribution in [3.63, 3.8) is 0 Å². The van der Waals surface area contributed by atoms with Crippen molar-refractivity contribution < 1.29 is 0 Å². The van der Waals surface area contributed by atoms with Gasteiger partial charge in [-0.15, -0.1) is 10.2 Å². The third-order valence-corrected chi connectivity index (χ3v) is 3.45. The van der Waals surface area contributed by atoms with E-state index in [9.17, 15) is 4.79 Å². The predicted molar refractivity (Wildman–Crippen MR) is 71.9 cm³/mol. The standard InChI is InChI=1S/C12H11N5OS/c1-16-10(7-17-12(18)19-8-13-17)14-15-11(16)9-5-3-2-4-6-9/h2-6,8H,7H2,1H3. The van der Waals surface area contributed by atoms with Crippen molar-refractivity contribution in [2.24, 2.45) is 7.05 Å². The molecule has 96 valence electrons. The van der Waals surface area contributed by atoms with Gasteiger partial charge < -0.3 is 4.57 Å². The van der Waals surface area contributed by atoms with E-state index >= 15 is 0 Å². The zero-order valence-corrected chi connectivity index (χ0v) is 11.0. The van der Waals surface area contributed by atoms with E-state index in [-0.39, 0.29) is 4.87 Å². The van der Waals surface area contributed by atoms with Crippen LogP contribution in [0.15, 0.2) is 40.6 Å². The van der Waals surface area contributed by atoms with Gasteiger partial charge in [0, 0.05) is 12.6 Å². The first-order valence-electron chi connectivity index (χ1n) is 5.70. The van der Waals surface area contributed by atoms with E-state index in [0.717, 1.165) is 22.7 Å². The van der Waals surface area contributed by atoms with Crippen LogP contribution in [-0.2, 0) is 13.6 Å². The third-order valence-electron chi connectivity index (χ3n) is 2.84. The lowest BCUT2D eigenvalue weighted by atomic mass is 10.2. The largest absolute Gasteiger partial charge is 0.325 e. The Labute approximate surface area is 113 Å². The highest BCUT2D eigenvalue weighted by molar-refractivity contribution is 7.06. The van der Waals surface area contributed by atoms with Gasteiger partial charge in [-0.25, -0.2) is 4.68 Å². The molecule has 0 saturated heterocycles. The lowest BCUT2D eigenvalue weighted by molar-refractivity contribution is 0.616. The van der Waals surface area contributed by atoms with Crippen LogP contribution < -0.4 is 4.87 Å². The second-order valence-corrected chi connectivity index (χ2v) is 4.82. The van der Waals surface area contributed by atoms with Crippen LogP contribution in [-0.4, -0.2) is 24.5 Å². The summed E-state index contributed by atoms with van der Waals surface area (Å²) in [6, 6.07) is 9.81. The van der Waals surface area contributed by atoms with Crippen LogP contribution >= 0.6 is 11.3 Å². The second-order valence-electron chi connectivity index (χ2n) is 4.03. The lowest BCUT2D eigenvalue weighted by Gasteiger charge is -2.03. The third kappa shape index (κ3) is 2.19. The molecule has 3 rings (SSSR count). The van der Waals surface area contributed by atoms with Gasteiger partial charge in [0.2, 0.25) is 0 Å². The van der Waals surface area contributed by atoms with Crippen molar-refractivity contribution in [3.8, 4) is 11.4 Å². The van der Waals surface area contributed by atoms with Gasteiger partial charge in [0.05, 0.1) is 0 Å². The number of nitrogens with zero attached hydrogens (tertiary/aromatic N) is 5. The fourth-order valence-corrected chi connectivity index (χ4v) is 2.30. The topological polar surface area (TPSA) is 65.6 Å². The molecule has 0 aliphatic heterocycles. The second kappa shape index (κ2) is 4.77. The molecular weight excluding hydrogens is 262 g/mol. The zero-order chi connectivity index (χ0) is 13.2. The maximum absolute atomic E-state index is 11.5. The SMILES string of the molecule is Cn1c(Cn2ncsc2=O)nnc1-c1ccccc1. The van der Waals surface area contributed by atoms with Crippen LogP contribution in [0.1, 0.15) is 5.82 Å². The molecule has 3 aromatic rings. The van der Waals surface area contributed by atoms with Crippen molar-refractivity contribution in [2.75, 3.05) is 0 Å². The van der Waals surface area contributed by atoms with Crippen molar-refractivity contribution in [1.29, 1.82) is 0 Å². The van der Waals surface area contributed by atoms with Gasteiger partial charge in [-0.2, -0.15) is 5.10 Å². The Bertz CT molecular complexity index is 743. The summed E-state index contributed by atoms with van der Waals surface area (Å²) in [6.45, 7) is 0.332. The van der Waals surface area contributed by atoms with Gasteiger partial charge >= 0.3 is 4.87 Å². The summed E-state index contributed by atoms with van der Waals surface area (Å²) in [5, 5.41) is 12.3. The highest BCUT2D eigenvalue weighted by Crippen LogP contribution is 2.16. The van der Waals surface area contributed by atoms with Gasteiger partial charge in [-0.1, -0.05) is 41.7 Å². The van der Waals surface area contributed by atoms with E-state index in [2.05, 4.69) is 15.3 Å². The van der Waals surface area contributed by atoms with Crippen LogP contribution in [0.5, 0.6) is 0 Å². The van der Waals surface area contributed by atoms with E-state index in [1.165, 1.54) is 10.2 Å². The molecule has 6 nitrogen and oxygen atoms in total. The minimum Gasteiger partial charge on any atom is -0.313 e. The molecule has 0 radical (unpaired) electrons. The zero-order valence-electron chi connectivity index (χ0n) is 10.2. The minimum absolute atomic E-state index is 0.0933. The molecule has 0 atom stereocenters. The molecule has 2 heterocycles. The molecule has 7 heteroatoms. The Balaban J connectivity index is 1.96. The molecule has 0 fully saturated rings. The van der Waals surface area contributed by atoms with E-state index in [1.807, 2.05) is 41.9 Å². The van der Waals surface area contributed by atoms with Gasteiger partial charge in [0.1, 0.15) is 12.1 Å². The summed E-state index contributed by atoms with van der Waals surface area (Å²) in [5.74, 6) is 1.48. The molecule has 0 aliphatic carbocycles. The molecule has 0 unspecified atom stereocenters. The first-order chi connectivity index (χ1) is 9.25. The number of hydrogen-bond donors (Lipinski definition) is 0. The number of aromatic nitrogens is 5. The van der Waals surface area contributed by atoms with Crippen LogP contribution in [0, 0.1) is 0 Å². The molecule has 19 heavy (non-hydrogen) atoms. The van der Waals surface area contributed by atoms with Crippen LogP contribution in [0.3, 0.4) is 0 Å². The lowest BCUT2D eigenvalue weighted by Crippen LogP contribution is -2.17. The molecule has 0 N–H and O–H groups in total. The molecule has 0 aliphatic rings. The Morgan fingerprint density at radius 1 is 1.21 bits per heavy atom.